The molecule has 0 saturated carbocycles. The Bertz CT molecular complexity index is 4020. The zero-order valence-electron chi connectivity index (χ0n) is 58.1. The van der Waals surface area contributed by atoms with E-state index in [-0.39, 0.29) is 107 Å². The van der Waals surface area contributed by atoms with Crippen LogP contribution in [0, 0.1) is 40.2 Å². The summed E-state index contributed by atoms with van der Waals surface area (Å²) in [5.74, 6) is 2.05. The van der Waals surface area contributed by atoms with Crippen molar-refractivity contribution >= 4 is 70.2 Å². The van der Waals surface area contributed by atoms with Crippen LogP contribution in [0.2, 0.25) is 16.6 Å². The van der Waals surface area contributed by atoms with Gasteiger partial charge in [-0.15, -0.1) is 5.54 Å². The number of nitrogens with one attached hydrogen (secondary N) is 1. The maximum atomic E-state index is 18.2. The van der Waals surface area contributed by atoms with Crippen LogP contribution in [-0.4, -0.2) is 168 Å². The molecule has 3 aromatic heterocycles. The second-order valence-electron chi connectivity index (χ2n) is 30.2. The van der Waals surface area contributed by atoms with Crippen LogP contribution in [0.3, 0.4) is 0 Å². The standard InChI is InChI=1S/C73H96F3N11O8Si/c1-44(2)85-66-58(87(70(85)90)59-19-20-60(88)78-68(59)89)18-17-57(62(66)75)83-28-21-48(22-29-83)40-82-32-26-73(27-33-82)24-30-81(31-25-73)34-35-93-69-79-65-55(67(80-69)84-41-50-14-15-51(42-84)86(50)71(91)95-72(9,10)11)39-77-64(63(65)76)54-38-52(94-43-92-12)37-49-13-16-56(74)53(61(49)54)23-36-96(45(3)4,46(5)6)47(7)8/h13,16-18,37-39,44-48,50-51,59H,14-15,19-22,24-35,40-43H2,1-12H3,(H,78,88,89). The van der Waals surface area contributed by atoms with Crippen molar-refractivity contribution in [3.05, 3.63) is 76.1 Å². The van der Waals surface area contributed by atoms with E-state index in [0.717, 1.165) is 84.1 Å². The largest absolute Gasteiger partial charge is 0.468 e. The molecule has 3 amide bonds. The molecule has 23 heteroatoms. The van der Waals surface area contributed by atoms with Gasteiger partial charge in [-0.2, -0.15) is 9.97 Å². The second kappa shape index (κ2) is 27.6. The molecule has 3 unspecified atom stereocenters. The first-order chi connectivity index (χ1) is 45.8. The van der Waals surface area contributed by atoms with Crippen molar-refractivity contribution in [2.45, 2.75) is 187 Å². The molecule has 1 spiro atoms. The van der Waals surface area contributed by atoms with Gasteiger partial charge in [0.25, 0.3) is 0 Å². The lowest BCUT2D eigenvalue weighted by atomic mass is 9.71. The molecule has 9 heterocycles. The number of benzene rings is 3. The zero-order valence-corrected chi connectivity index (χ0v) is 59.1. The van der Waals surface area contributed by atoms with E-state index in [1.165, 1.54) is 22.3 Å². The number of piperidine rings is 4. The van der Waals surface area contributed by atoms with E-state index in [1.807, 2.05) is 39.5 Å². The zero-order chi connectivity index (χ0) is 68.3. The molecule has 6 saturated heterocycles. The lowest BCUT2D eigenvalue weighted by Gasteiger charge is -2.47. The van der Waals surface area contributed by atoms with Gasteiger partial charge in [0, 0.05) is 76.0 Å². The molecular weight excluding hydrogens is 1240 g/mol. The van der Waals surface area contributed by atoms with Gasteiger partial charge in [-0.1, -0.05) is 53.5 Å². The highest BCUT2D eigenvalue weighted by atomic mass is 28.3. The molecule has 6 aliphatic rings. The van der Waals surface area contributed by atoms with Gasteiger partial charge in [0.1, 0.15) is 60.4 Å². The lowest BCUT2D eigenvalue weighted by molar-refractivity contribution is -0.135. The molecule has 1 N–H and O–H groups in total. The maximum absolute atomic E-state index is 18.2. The number of fused-ring (bicyclic) bond motifs is 5. The van der Waals surface area contributed by atoms with Crippen LogP contribution in [0.1, 0.15) is 158 Å². The molecule has 96 heavy (non-hydrogen) atoms. The van der Waals surface area contributed by atoms with Crippen LogP contribution < -0.4 is 30.3 Å². The number of aromatic nitrogens is 5. The third-order valence-corrected chi connectivity index (χ3v) is 28.2. The molecule has 2 bridgehead atoms. The highest BCUT2D eigenvalue weighted by molar-refractivity contribution is 6.90. The van der Waals surface area contributed by atoms with Crippen LogP contribution in [0.15, 0.2) is 47.4 Å². The molecular formula is C73H96F3N11O8Si. The molecule has 3 aromatic carbocycles. The van der Waals surface area contributed by atoms with Gasteiger partial charge in [0.15, 0.2) is 18.4 Å². The van der Waals surface area contributed by atoms with E-state index in [2.05, 4.69) is 77.9 Å². The first-order valence-electron chi connectivity index (χ1n) is 34.9. The number of carbonyl (C=O) groups excluding carboxylic acids is 3. The van der Waals surface area contributed by atoms with Gasteiger partial charge in [0.05, 0.1) is 34.2 Å². The minimum atomic E-state index is -2.36. The average Bonchev–Trinajstić information content (AvgIpc) is 1.41. The number of nitrogens with zero attached hydrogens (tertiary/aromatic N) is 10. The quantitative estimate of drug-likeness (QED) is 0.0394. The van der Waals surface area contributed by atoms with Crippen LogP contribution in [0.25, 0.3) is 44.0 Å². The smallest absolute Gasteiger partial charge is 0.410 e. The number of ether oxygens (including phenoxy) is 4. The second-order valence-corrected chi connectivity index (χ2v) is 35.7. The number of anilines is 2. The Morgan fingerprint density at radius 3 is 2.08 bits per heavy atom. The van der Waals surface area contributed by atoms with Gasteiger partial charge in [-0.25, -0.2) is 22.8 Å². The monoisotopic (exact) mass is 1340 g/mol. The summed E-state index contributed by atoms with van der Waals surface area (Å²) in [6, 6.07) is 8.45. The minimum absolute atomic E-state index is 0.00370. The molecule has 6 fully saturated rings. The van der Waals surface area contributed by atoms with E-state index < -0.39 is 48.8 Å². The fourth-order valence-electron chi connectivity index (χ4n) is 16.9. The van der Waals surface area contributed by atoms with Crippen molar-refractivity contribution in [1.29, 1.82) is 0 Å². The van der Waals surface area contributed by atoms with Crippen LogP contribution in [0.4, 0.5) is 29.5 Å². The van der Waals surface area contributed by atoms with E-state index >= 15 is 13.2 Å². The Morgan fingerprint density at radius 1 is 0.792 bits per heavy atom. The number of likely N-dealkylation sites (tertiary alicyclic amines) is 2. The number of piperazine rings is 1. The SMILES string of the molecule is COCOc1cc(-c2ncc3c(N4CC5CCC(C4)N5C(=O)OC(C)(C)C)nc(OCCN4CCC5(CC4)CCN(CC4CCN(c6ccc7c(c6F)n(C(C)C)c(=O)n7C6CCC(=O)NC6=O)CC4)CC5)nc3c2F)c2c(C#C[Si](C(C)C)(C(C)C)C(C)C)c(F)ccc2c1. The lowest BCUT2D eigenvalue weighted by Crippen LogP contribution is -2.57. The fraction of sp³-hybridized carbons (Fsp3) is 0.603. The van der Waals surface area contributed by atoms with E-state index in [9.17, 15) is 19.2 Å². The summed E-state index contributed by atoms with van der Waals surface area (Å²) in [4.78, 5) is 78.2. The third kappa shape index (κ3) is 13.3. The number of imidazole rings is 1. The summed E-state index contributed by atoms with van der Waals surface area (Å²) in [5, 5.41) is 3.73. The minimum Gasteiger partial charge on any atom is -0.468 e. The summed E-state index contributed by atoms with van der Waals surface area (Å²) < 4.78 is 78.2. The number of pyridine rings is 1. The number of hydrogen-bond acceptors (Lipinski definition) is 15. The molecule has 516 valence electrons. The predicted octanol–water partition coefficient (Wildman–Crippen LogP) is 12.6. The summed E-state index contributed by atoms with van der Waals surface area (Å²) >= 11 is 0. The maximum Gasteiger partial charge on any atom is 0.410 e. The van der Waals surface area contributed by atoms with Crippen LogP contribution in [0.5, 0.6) is 11.8 Å². The third-order valence-electron chi connectivity index (χ3n) is 21.9. The first kappa shape index (κ1) is 68.7. The van der Waals surface area contributed by atoms with Crippen LogP contribution >= 0.6 is 0 Å². The van der Waals surface area contributed by atoms with Gasteiger partial charge >= 0.3 is 17.8 Å². The van der Waals surface area contributed by atoms with Crippen molar-refractivity contribution in [1.82, 2.24) is 44.1 Å². The Hall–Kier alpha value is -7.26. The number of methoxy groups -OCH3 is 1. The summed E-state index contributed by atoms with van der Waals surface area (Å²) in [6.07, 6.45) is 9.33. The van der Waals surface area contributed by atoms with E-state index in [1.54, 1.807) is 36.5 Å². The van der Waals surface area contributed by atoms with Gasteiger partial charge in [-0.3, -0.25) is 38.8 Å². The van der Waals surface area contributed by atoms with Crippen molar-refractivity contribution < 1.29 is 46.5 Å². The topological polar surface area (TPSA) is 182 Å². The van der Waals surface area contributed by atoms with Gasteiger partial charge in [-0.05, 0) is 182 Å². The highest BCUT2D eigenvalue weighted by Crippen LogP contribution is 2.46. The molecule has 19 nitrogen and oxygen atoms in total. The Morgan fingerprint density at radius 2 is 1.46 bits per heavy atom. The first-order valence-corrected chi connectivity index (χ1v) is 37.2. The van der Waals surface area contributed by atoms with E-state index in [0.29, 0.717) is 83.1 Å². The molecule has 0 radical (unpaired) electrons. The summed E-state index contributed by atoms with van der Waals surface area (Å²) in [5.41, 5.74) is 5.11. The van der Waals surface area contributed by atoms with Crippen LogP contribution in [-0.2, 0) is 19.1 Å². The normalized spacial score (nSPS) is 20.8. The fourth-order valence-corrected chi connectivity index (χ4v) is 22.1. The average molecular weight is 1340 g/mol. The van der Waals surface area contributed by atoms with Crippen molar-refractivity contribution in [3.63, 3.8) is 0 Å². The number of rotatable bonds is 17. The van der Waals surface area contributed by atoms with Gasteiger partial charge < -0.3 is 33.6 Å². The Kier molecular flexibility index (Phi) is 19.7. The molecule has 0 aliphatic carbocycles. The number of carbonyl (C=O) groups is 3. The van der Waals surface area contributed by atoms with Crippen molar-refractivity contribution in [2.24, 2.45) is 11.3 Å². The molecule has 6 aliphatic heterocycles. The number of amides is 3. The molecule has 12 rings (SSSR count). The van der Waals surface area contributed by atoms with Gasteiger partial charge in [0.2, 0.25) is 11.8 Å². The molecule has 6 aromatic rings. The van der Waals surface area contributed by atoms with E-state index in [4.69, 9.17) is 33.9 Å². The number of halogens is 3. The Balaban J connectivity index is 0.736. The number of hydrogen-bond donors (Lipinski definition) is 1. The highest BCUT2D eigenvalue weighted by Gasteiger charge is 2.46. The summed E-state index contributed by atoms with van der Waals surface area (Å²) in [7, 11) is -0.844. The van der Waals surface area contributed by atoms with Crippen molar-refractivity contribution in [3.8, 4) is 34.5 Å². The Labute approximate surface area is 562 Å². The van der Waals surface area contributed by atoms with Crippen molar-refractivity contribution in [2.75, 3.05) is 95.8 Å². The number of imide groups is 1. The molecule has 3 atom stereocenters. The predicted molar refractivity (Wildman–Crippen MR) is 370 cm³/mol. The summed E-state index contributed by atoms with van der Waals surface area (Å²) in [6.45, 7) is 30.5.